The lowest BCUT2D eigenvalue weighted by Crippen LogP contribution is -2.24. The third kappa shape index (κ3) is 3.03. The number of nitro groups is 2. The molecule has 6 aliphatic rings. The van der Waals surface area contributed by atoms with Gasteiger partial charge < -0.3 is 28.4 Å². The number of nitro benzene ring substituents is 2. The fraction of sp³-hybridized carbons (Fsp3) is 0. The Balaban J connectivity index is 1.07. The second-order valence-corrected chi connectivity index (χ2v) is 12.2. The Morgan fingerprint density at radius 3 is 0.920 bits per heavy atom. The molecule has 0 saturated carbocycles. The van der Waals surface area contributed by atoms with Gasteiger partial charge >= 0.3 is 0 Å². The molecule has 0 atom stereocenters. The van der Waals surface area contributed by atoms with Crippen LogP contribution in [0.5, 0.6) is 69.0 Å². The molecule has 12 rings (SSSR count). The van der Waals surface area contributed by atoms with Crippen LogP contribution in [0, 0.1) is 20.2 Å². The lowest BCUT2D eigenvalue weighted by atomic mass is 9.97. The second-order valence-electron chi connectivity index (χ2n) is 12.2. The van der Waals surface area contributed by atoms with E-state index >= 15 is 0 Å². The van der Waals surface area contributed by atoms with Crippen LogP contribution < -0.4 is 38.2 Å². The number of benzene rings is 6. The van der Waals surface area contributed by atoms with Crippen LogP contribution in [-0.2, 0) is 0 Å². The van der Waals surface area contributed by atoms with Gasteiger partial charge in [0, 0.05) is 0 Å². The molecule has 14 nitrogen and oxygen atoms in total. The molecule has 0 spiro atoms. The largest absolute Gasteiger partial charge is 0.453 e. The van der Waals surface area contributed by atoms with Crippen molar-refractivity contribution in [3.63, 3.8) is 0 Å². The highest BCUT2D eigenvalue weighted by atomic mass is 16.6. The first kappa shape index (κ1) is 25.6. The molecule has 6 aromatic rings. The van der Waals surface area contributed by atoms with Gasteiger partial charge in [-0.3, -0.25) is 30.0 Å². The summed E-state index contributed by atoms with van der Waals surface area (Å²) in [5, 5.41) is 23.8. The second kappa shape index (κ2) is 8.32. The molecule has 0 aromatic heterocycles. The topological polar surface area (TPSA) is 148 Å². The lowest BCUT2D eigenvalue weighted by molar-refractivity contribution is -0.385. The fourth-order valence-corrected chi connectivity index (χ4v) is 7.51. The highest BCUT2D eigenvalue weighted by molar-refractivity contribution is 6.03. The average Bonchev–Trinajstić information content (AvgIpc) is 3.10. The third-order valence-corrected chi connectivity index (χ3v) is 9.47. The molecule has 0 amide bonds. The lowest BCUT2D eigenvalue weighted by Gasteiger charge is -2.42. The number of rotatable bonds is 3. The highest BCUT2D eigenvalue weighted by Crippen LogP contribution is 2.70. The maximum atomic E-state index is 11.9. The van der Waals surface area contributed by atoms with Crippen LogP contribution in [0.15, 0.2) is 84.9 Å². The SMILES string of the molecule is O=[N+]([O-])c1cc2c3c(c1)Oc1cc([N+](=O)[O-])cc4c1N3c1c(cc(-c3cc5c6c(c3)Oc3cccc7c3N6c3c(cccc3O5)O7)cc1O4)O2. The van der Waals surface area contributed by atoms with Crippen molar-refractivity contribution >= 4 is 45.5 Å². The normalized spacial score (nSPS) is 14.4. The Labute approximate surface area is 278 Å². The molecule has 6 aromatic carbocycles. The molecule has 0 saturated heterocycles. The van der Waals surface area contributed by atoms with Crippen LogP contribution in [-0.4, -0.2) is 9.85 Å². The van der Waals surface area contributed by atoms with Crippen LogP contribution in [0.2, 0.25) is 0 Å². The van der Waals surface area contributed by atoms with Gasteiger partial charge in [0.1, 0.15) is 34.1 Å². The molecule has 0 bridgehead atoms. The first-order valence-corrected chi connectivity index (χ1v) is 15.3. The molecular weight excluding hydrogens is 648 g/mol. The van der Waals surface area contributed by atoms with Gasteiger partial charge in [-0.2, -0.15) is 0 Å². The van der Waals surface area contributed by atoms with E-state index in [-0.39, 0.29) is 34.4 Å². The molecule has 0 aliphatic carbocycles. The standard InChI is InChI=1S/C36H14N4O10/c41-39(42)17-11-27-35-29(13-17)50-30-14-18(40(43)44)12-28-36(30)38(35)34-25(48-27)9-16(10-26(34)49-28)15-7-23-33-24(8-15)47-22-6-2-4-20-32(22)37(33)31-19(45-20)3-1-5-21(31)46-23/h1-14H. The number of anilines is 6. The molecule has 0 unspecified atom stereocenters. The summed E-state index contributed by atoms with van der Waals surface area (Å²) in [4.78, 5) is 26.6. The predicted octanol–water partition coefficient (Wildman–Crippen LogP) is 10.7. The summed E-state index contributed by atoms with van der Waals surface area (Å²) in [5.74, 6) is 4.93. The van der Waals surface area contributed by atoms with Crippen molar-refractivity contribution < 1.29 is 38.3 Å². The van der Waals surface area contributed by atoms with Gasteiger partial charge in [0.2, 0.25) is 0 Å². The zero-order chi connectivity index (χ0) is 33.2. The highest BCUT2D eigenvalue weighted by Gasteiger charge is 2.45. The van der Waals surface area contributed by atoms with Gasteiger partial charge in [-0.05, 0) is 59.7 Å². The summed E-state index contributed by atoms with van der Waals surface area (Å²) in [6.45, 7) is 0. The Morgan fingerprint density at radius 2 is 0.620 bits per heavy atom. The smallest absolute Gasteiger partial charge is 0.277 e. The fourth-order valence-electron chi connectivity index (χ4n) is 7.51. The number of ether oxygens (including phenoxy) is 6. The molecule has 0 N–H and O–H groups in total. The number of non-ortho nitro benzene ring substituents is 2. The van der Waals surface area contributed by atoms with E-state index in [1.807, 2.05) is 65.6 Å². The summed E-state index contributed by atoms with van der Waals surface area (Å²) >= 11 is 0. The molecule has 238 valence electrons. The van der Waals surface area contributed by atoms with Crippen molar-refractivity contribution in [3.8, 4) is 80.1 Å². The molecular formula is C36H14N4O10. The minimum Gasteiger partial charge on any atom is -0.453 e. The first-order chi connectivity index (χ1) is 24.4. The van der Waals surface area contributed by atoms with Crippen molar-refractivity contribution in [2.45, 2.75) is 0 Å². The van der Waals surface area contributed by atoms with E-state index in [1.165, 1.54) is 24.3 Å². The van der Waals surface area contributed by atoms with Crippen molar-refractivity contribution in [3.05, 3.63) is 105 Å². The quantitative estimate of drug-likeness (QED) is 0.131. The van der Waals surface area contributed by atoms with Crippen LogP contribution in [0.25, 0.3) is 11.1 Å². The molecule has 6 heterocycles. The van der Waals surface area contributed by atoms with E-state index in [9.17, 15) is 20.2 Å². The van der Waals surface area contributed by atoms with Crippen LogP contribution in [0.4, 0.5) is 45.5 Å². The summed E-state index contributed by atoms with van der Waals surface area (Å²) < 4.78 is 38.0. The molecule has 0 radical (unpaired) electrons. The van der Waals surface area contributed by atoms with Gasteiger partial charge in [-0.25, -0.2) is 0 Å². The zero-order valence-corrected chi connectivity index (χ0v) is 25.0. The zero-order valence-electron chi connectivity index (χ0n) is 25.0. The Hall–Kier alpha value is -7.48. The van der Waals surface area contributed by atoms with Crippen LogP contribution >= 0.6 is 0 Å². The Bertz CT molecular complexity index is 2540. The summed E-state index contributed by atoms with van der Waals surface area (Å²) in [6, 6.07) is 23.9. The van der Waals surface area contributed by atoms with Crippen molar-refractivity contribution in [2.75, 3.05) is 9.80 Å². The van der Waals surface area contributed by atoms with Crippen molar-refractivity contribution in [1.82, 2.24) is 0 Å². The Kier molecular flexibility index (Phi) is 4.26. The van der Waals surface area contributed by atoms with E-state index in [2.05, 4.69) is 4.90 Å². The number of hydrogen-bond donors (Lipinski definition) is 0. The molecule has 0 fully saturated rings. The van der Waals surface area contributed by atoms with Crippen molar-refractivity contribution in [2.24, 2.45) is 0 Å². The minimum absolute atomic E-state index is 0.119. The van der Waals surface area contributed by atoms with Gasteiger partial charge in [-0.15, -0.1) is 0 Å². The van der Waals surface area contributed by atoms with Gasteiger partial charge in [0.05, 0.1) is 34.1 Å². The summed E-state index contributed by atoms with van der Waals surface area (Å²) in [6.07, 6.45) is 0. The first-order valence-electron chi connectivity index (χ1n) is 15.3. The van der Waals surface area contributed by atoms with E-state index in [0.717, 1.165) is 17.1 Å². The third-order valence-electron chi connectivity index (χ3n) is 9.47. The predicted molar refractivity (Wildman–Crippen MR) is 175 cm³/mol. The average molecular weight is 663 g/mol. The van der Waals surface area contributed by atoms with Crippen LogP contribution in [0.3, 0.4) is 0 Å². The van der Waals surface area contributed by atoms with Gasteiger partial charge in [0.15, 0.2) is 69.0 Å². The van der Waals surface area contributed by atoms with E-state index in [0.29, 0.717) is 74.2 Å². The molecule has 14 heteroatoms. The molecule has 50 heavy (non-hydrogen) atoms. The van der Waals surface area contributed by atoms with E-state index < -0.39 is 9.85 Å². The monoisotopic (exact) mass is 662 g/mol. The number of hydrogen-bond acceptors (Lipinski definition) is 12. The minimum atomic E-state index is -0.552. The molecule has 6 aliphatic heterocycles. The maximum absolute atomic E-state index is 11.9. The maximum Gasteiger partial charge on any atom is 0.277 e. The van der Waals surface area contributed by atoms with Gasteiger partial charge in [0.25, 0.3) is 11.4 Å². The summed E-state index contributed by atoms with van der Waals surface area (Å²) in [5.41, 5.74) is 4.44. The Morgan fingerprint density at radius 1 is 0.380 bits per heavy atom. The van der Waals surface area contributed by atoms with Crippen molar-refractivity contribution in [1.29, 1.82) is 0 Å². The van der Waals surface area contributed by atoms with Gasteiger partial charge in [-0.1, -0.05) is 12.1 Å². The van der Waals surface area contributed by atoms with E-state index in [4.69, 9.17) is 28.4 Å². The van der Waals surface area contributed by atoms with E-state index in [1.54, 1.807) is 0 Å². The summed E-state index contributed by atoms with van der Waals surface area (Å²) in [7, 11) is 0. The number of nitrogens with zero attached hydrogens (tertiary/aromatic N) is 4. The van der Waals surface area contributed by atoms with Crippen LogP contribution in [0.1, 0.15) is 0 Å². The number of para-hydroxylation sites is 2.